The second kappa shape index (κ2) is 6.12. The van der Waals surface area contributed by atoms with Crippen molar-refractivity contribution in [3.8, 4) is 0 Å². The minimum atomic E-state index is -0.924. The van der Waals surface area contributed by atoms with Gasteiger partial charge in [0.25, 0.3) is 0 Å². The van der Waals surface area contributed by atoms with Gasteiger partial charge < -0.3 is 14.6 Å². The molecule has 68 valence electrons. The number of rotatable bonds is 3. The summed E-state index contributed by atoms with van der Waals surface area (Å²) >= 11 is 0. The normalized spacial score (nSPS) is 27.1. The molecule has 1 fully saturated rings. The summed E-state index contributed by atoms with van der Waals surface area (Å²) in [5.74, 6) is -1.19. The number of hydrogen-bond acceptors (Lipinski definition) is 3. The molecule has 0 amide bonds. The van der Waals surface area contributed by atoms with Crippen molar-refractivity contribution in [3.05, 3.63) is 12.8 Å². The summed E-state index contributed by atoms with van der Waals surface area (Å²) in [7, 11) is 0. The van der Waals surface area contributed by atoms with Gasteiger partial charge in [-0.15, -0.1) is 0 Å². The predicted molar refractivity (Wildman–Crippen MR) is 42.0 cm³/mol. The largest absolute Gasteiger partial charge is 1.00 e. The van der Waals surface area contributed by atoms with Crippen molar-refractivity contribution in [3.63, 3.8) is 0 Å². The molecular weight excluding hydrogens is 163 g/mol. The molecule has 0 N–H and O–H groups in total. The molecule has 0 atom stereocenters. The van der Waals surface area contributed by atoms with Crippen molar-refractivity contribution in [1.29, 1.82) is 0 Å². The molecule has 13 heavy (non-hydrogen) atoms. The zero-order valence-corrected chi connectivity index (χ0v) is 7.99. The average molecular weight is 176 g/mol. The molecule has 1 aliphatic rings. The Kier molecular flexibility index (Phi) is 5.94. The molecule has 0 aromatic carbocycles. The molecule has 0 heterocycles. The zero-order chi connectivity index (χ0) is 8.97. The first kappa shape index (κ1) is 12.6. The van der Waals surface area contributed by atoms with E-state index in [1.165, 1.54) is 6.26 Å². The number of carbonyl (C=O) groups excluding carboxylic acids is 1. The summed E-state index contributed by atoms with van der Waals surface area (Å²) in [5, 5.41) is 10.4. The van der Waals surface area contributed by atoms with E-state index in [2.05, 4.69) is 6.58 Å². The Morgan fingerprint density at radius 1 is 1.38 bits per heavy atom. The molecule has 0 aliphatic heterocycles. The van der Waals surface area contributed by atoms with Crippen LogP contribution in [0, 0.1) is 5.92 Å². The van der Waals surface area contributed by atoms with Crippen molar-refractivity contribution in [1.82, 2.24) is 0 Å². The van der Waals surface area contributed by atoms with E-state index in [0.29, 0.717) is 12.8 Å². The van der Waals surface area contributed by atoms with Gasteiger partial charge >= 0.3 is 18.9 Å². The van der Waals surface area contributed by atoms with Crippen molar-refractivity contribution in [2.45, 2.75) is 31.8 Å². The van der Waals surface area contributed by atoms with Gasteiger partial charge in [-0.25, -0.2) is 0 Å². The molecule has 0 radical (unpaired) electrons. The Morgan fingerprint density at radius 3 is 2.31 bits per heavy atom. The van der Waals surface area contributed by atoms with Crippen LogP contribution < -0.4 is 24.0 Å². The van der Waals surface area contributed by atoms with E-state index in [0.717, 1.165) is 12.8 Å². The quantitative estimate of drug-likeness (QED) is 0.351. The van der Waals surface area contributed by atoms with Crippen LogP contribution in [0.4, 0.5) is 0 Å². The SMILES string of the molecule is C=COC1CCC(C(=O)[O-])CC1.[Li+]. The van der Waals surface area contributed by atoms with Gasteiger partial charge in [-0.1, -0.05) is 6.58 Å². The molecule has 1 rings (SSSR count). The topological polar surface area (TPSA) is 49.4 Å². The second-order valence-corrected chi connectivity index (χ2v) is 3.10. The maximum Gasteiger partial charge on any atom is 1.00 e. The number of carboxylic acid groups (broad SMARTS) is 1. The third kappa shape index (κ3) is 3.88. The van der Waals surface area contributed by atoms with Crippen LogP contribution in [0.1, 0.15) is 25.7 Å². The van der Waals surface area contributed by atoms with E-state index in [9.17, 15) is 9.90 Å². The fraction of sp³-hybridized carbons (Fsp3) is 0.667. The maximum atomic E-state index is 10.4. The number of carbonyl (C=O) groups is 1. The summed E-state index contributed by atoms with van der Waals surface area (Å²) in [6.07, 6.45) is 4.51. The summed E-state index contributed by atoms with van der Waals surface area (Å²) < 4.78 is 5.16. The van der Waals surface area contributed by atoms with Gasteiger partial charge in [0.1, 0.15) is 0 Å². The fourth-order valence-electron chi connectivity index (χ4n) is 1.57. The van der Waals surface area contributed by atoms with Crippen LogP contribution in [-0.4, -0.2) is 12.1 Å². The van der Waals surface area contributed by atoms with Crippen LogP contribution >= 0.6 is 0 Å². The number of ether oxygens (including phenoxy) is 1. The van der Waals surface area contributed by atoms with Crippen LogP contribution in [0.5, 0.6) is 0 Å². The fourth-order valence-corrected chi connectivity index (χ4v) is 1.57. The smallest absolute Gasteiger partial charge is 0.550 e. The maximum absolute atomic E-state index is 10.4. The first-order valence-corrected chi connectivity index (χ1v) is 4.21. The van der Waals surface area contributed by atoms with E-state index in [4.69, 9.17) is 4.74 Å². The van der Waals surface area contributed by atoms with Crippen LogP contribution in [0.15, 0.2) is 12.8 Å². The van der Waals surface area contributed by atoms with E-state index < -0.39 is 5.97 Å². The molecule has 1 aliphatic carbocycles. The van der Waals surface area contributed by atoms with E-state index >= 15 is 0 Å². The summed E-state index contributed by atoms with van der Waals surface area (Å²) in [4.78, 5) is 10.4. The van der Waals surface area contributed by atoms with Gasteiger partial charge in [0.15, 0.2) is 0 Å². The van der Waals surface area contributed by atoms with E-state index in [1.807, 2.05) is 0 Å². The van der Waals surface area contributed by atoms with Crippen LogP contribution in [0.2, 0.25) is 0 Å². The summed E-state index contributed by atoms with van der Waals surface area (Å²) in [6, 6.07) is 0. The Bertz CT molecular complexity index is 174. The zero-order valence-electron chi connectivity index (χ0n) is 7.99. The molecule has 0 saturated heterocycles. The summed E-state index contributed by atoms with van der Waals surface area (Å²) in [5.41, 5.74) is 0. The molecular formula is C9H13LiO3. The Hall–Kier alpha value is -0.393. The Balaban J connectivity index is 0.00000144. The van der Waals surface area contributed by atoms with Crippen LogP contribution in [0.25, 0.3) is 0 Å². The molecule has 3 nitrogen and oxygen atoms in total. The minimum absolute atomic E-state index is 0. The number of carboxylic acids is 1. The standard InChI is InChI=1S/C9H14O3.Li/c1-2-12-8-5-3-7(4-6-8)9(10)11;/h2,7-8H,1,3-6H2,(H,10,11);/q;+1/p-1. The van der Waals surface area contributed by atoms with Crippen molar-refractivity contribution in [2.75, 3.05) is 0 Å². The van der Waals surface area contributed by atoms with Gasteiger partial charge in [0, 0.05) is 5.97 Å². The molecule has 0 aromatic heterocycles. The van der Waals surface area contributed by atoms with Gasteiger partial charge in [-0.2, -0.15) is 0 Å². The molecule has 0 unspecified atom stereocenters. The Morgan fingerprint density at radius 2 is 1.92 bits per heavy atom. The number of aliphatic carboxylic acids is 1. The number of hydrogen-bond donors (Lipinski definition) is 0. The van der Waals surface area contributed by atoms with Gasteiger partial charge in [-0.3, -0.25) is 0 Å². The van der Waals surface area contributed by atoms with E-state index in [-0.39, 0.29) is 30.9 Å². The molecule has 0 spiro atoms. The first-order chi connectivity index (χ1) is 5.74. The van der Waals surface area contributed by atoms with Crippen molar-refractivity contribution in [2.24, 2.45) is 5.92 Å². The van der Waals surface area contributed by atoms with Crippen molar-refractivity contribution >= 4 is 5.97 Å². The van der Waals surface area contributed by atoms with Gasteiger partial charge in [-0.05, 0) is 31.6 Å². The Labute approximate surface area is 90.3 Å². The van der Waals surface area contributed by atoms with Gasteiger partial charge in [0.05, 0.1) is 12.4 Å². The first-order valence-electron chi connectivity index (χ1n) is 4.21. The molecule has 4 heteroatoms. The van der Waals surface area contributed by atoms with E-state index in [1.54, 1.807) is 0 Å². The minimum Gasteiger partial charge on any atom is -0.550 e. The monoisotopic (exact) mass is 176 g/mol. The molecule has 1 saturated carbocycles. The van der Waals surface area contributed by atoms with Gasteiger partial charge in [0.2, 0.25) is 0 Å². The van der Waals surface area contributed by atoms with Crippen LogP contribution in [-0.2, 0) is 9.53 Å². The summed E-state index contributed by atoms with van der Waals surface area (Å²) in [6.45, 7) is 3.46. The van der Waals surface area contributed by atoms with Crippen molar-refractivity contribution < 1.29 is 33.5 Å². The molecule has 0 aromatic rings. The predicted octanol–water partition coefficient (Wildman–Crippen LogP) is -2.54. The third-order valence-electron chi connectivity index (χ3n) is 2.30. The average Bonchev–Trinajstić information content (AvgIpc) is 2.06. The molecule has 0 bridgehead atoms. The second-order valence-electron chi connectivity index (χ2n) is 3.10. The van der Waals surface area contributed by atoms with Crippen LogP contribution in [0.3, 0.4) is 0 Å². The third-order valence-corrected chi connectivity index (χ3v) is 2.30.